The van der Waals surface area contributed by atoms with E-state index in [1.165, 1.54) is 35.2 Å². The highest BCUT2D eigenvalue weighted by Crippen LogP contribution is 2.33. The monoisotopic (exact) mass is 263 g/mol. The standard InChI is InChI=1S/C10H5N3O2S2/c11-6-7-5-8(13(14)15)1-2-9(7)17-10-12-3-4-16-10/h1-5H. The molecular formula is C10H5N3O2S2. The van der Waals surface area contributed by atoms with Gasteiger partial charge in [0, 0.05) is 28.6 Å². The van der Waals surface area contributed by atoms with Crippen LogP contribution >= 0.6 is 23.1 Å². The van der Waals surface area contributed by atoms with Gasteiger partial charge < -0.3 is 0 Å². The number of aromatic nitrogens is 1. The van der Waals surface area contributed by atoms with Crippen LogP contribution in [-0.4, -0.2) is 9.91 Å². The molecular weight excluding hydrogens is 258 g/mol. The molecule has 84 valence electrons. The number of nitro benzene ring substituents is 1. The van der Waals surface area contributed by atoms with E-state index in [0.717, 1.165) is 4.34 Å². The van der Waals surface area contributed by atoms with Crippen LogP contribution in [0.3, 0.4) is 0 Å². The van der Waals surface area contributed by atoms with Crippen molar-refractivity contribution in [3.8, 4) is 6.07 Å². The van der Waals surface area contributed by atoms with E-state index in [1.54, 1.807) is 12.3 Å². The van der Waals surface area contributed by atoms with Crippen molar-refractivity contribution in [1.29, 1.82) is 5.26 Å². The molecule has 0 N–H and O–H groups in total. The summed E-state index contributed by atoms with van der Waals surface area (Å²) >= 11 is 2.78. The highest BCUT2D eigenvalue weighted by atomic mass is 32.2. The van der Waals surface area contributed by atoms with Crippen LogP contribution in [0.4, 0.5) is 5.69 Å². The van der Waals surface area contributed by atoms with Gasteiger partial charge in [-0.25, -0.2) is 4.98 Å². The van der Waals surface area contributed by atoms with Crippen molar-refractivity contribution in [3.05, 3.63) is 45.5 Å². The summed E-state index contributed by atoms with van der Waals surface area (Å²) < 4.78 is 0.801. The van der Waals surface area contributed by atoms with E-state index < -0.39 is 4.92 Å². The highest BCUT2D eigenvalue weighted by molar-refractivity contribution is 8.01. The second-order valence-electron chi connectivity index (χ2n) is 2.95. The van der Waals surface area contributed by atoms with Gasteiger partial charge in [-0.2, -0.15) is 5.26 Å². The predicted octanol–water partition coefficient (Wildman–Crippen LogP) is 3.07. The third kappa shape index (κ3) is 2.61. The van der Waals surface area contributed by atoms with Gasteiger partial charge in [-0.05, 0) is 6.07 Å². The van der Waals surface area contributed by atoms with Gasteiger partial charge in [-0.15, -0.1) is 11.3 Å². The first-order valence-corrected chi connectivity index (χ1v) is 6.16. The Bertz CT molecular complexity index is 590. The number of hydrogen-bond acceptors (Lipinski definition) is 6. The number of hydrogen-bond donors (Lipinski definition) is 0. The van der Waals surface area contributed by atoms with Gasteiger partial charge in [0.15, 0.2) is 4.34 Å². The fourth-order valence-electron chi connectivity index (χ4n) is 1.16. The van der Waals surface area contributed by atoms with E-state index in [9.17, 15) is 10.1 Å². The minimum Gasteiger partial charge on any atom is -0.258 e. The number of thiazole rings is 1. The molecule has 1 aromatic heterocycles. The maximum absolute atomic E-state index is 10.6. The Kier molecular flexibility index (Phi) is 3.37. The number of nitriles is 1. The van der Waals surface area contributed by atoms with Gasteiger partial charge in [0.25, 0.3) is 5.69 Å². The lowest BCUT2D eigenvalue weighted by molar-refractivity contribution is -0.384. The largest absolute Gasteiger partial charge is 0.270 e. The lowest BCUT2D eigenvalue weighted by atomic mass is 10.2. The van der Waals surface area contributed by atoms with Crippen molar-refractivity contribution in [3.63, 3.8) is 0 Å². The van der Waals surface area contributed by atoms with Crippen LogP contribution in [0.15, 0.2) is 39.0 Å². The van der Waals surface area contributed by atoms with Crippen molar-refractivity contribution >= 4 is 28.8 Å². The molecule has 0 aliphatic carbocycles. The fourth-order valence-corrected chi connectivity index (χ4v) is 2.80. The number of nitro groups is 1. The second kappa shape index (κ2) is 4.95. The number of benzene rings is 1. The van der Waals surface area contributed by atoms with Crippen LogP contribution in [0.1, 0.15) is 5.56 Å². The van der Waals surface area contributed by atoms with Crippen molar-refractivity contribution in [2.24, 2.45) is 0 Å². The third-order valence-electron chi connectivity index (χ3n) is 1.90. The van der Waals surface area contributed by atoms with Gasteiger partial charge in [0.2, 0.25) is 0 Å². The van der Waals surface area contributed by atoms with Crippen LogP contribution in [0.25, 0.3) is 0 Å². The maximum atomic E-state index is 10.6. The zero-order valence-corrected chi connectivity index (χ0v) is 9.99. The maximum Gasteiger partial charge on any atom is 0.270 e. The molecule has 0 aliphatic rings. The van der Waals surface area contributed by atoms with E-state index in [1.807, 2.05) is 11.4 Å². The van der Waals surface area contributed by atoms with Crippen molar-refractivity contribution in [2.45, 2.75) is 9.24 Å². The number of rotatable bonds is 3. The third-order valence-corrected chi connectivity index (χ3v) is 3.86. The summed E-state index contributed by atoms with van der Waals surface area (Å²) in [4.78, 5) is 14.8. The normalized spacial score (nSPS) is 9.82. The summed E-state index contributed by atoms with van der Waals surface area (Å²) in [6.45, 7) is 0. The first kappa shape index (κ1) is 11.6. The molecule has 17 heavy (non-hydrogen) atoms. The van der Waals surface area contributed by atoms with Crippen molar-refractivity contribution in [2.75, 3.05) is 0 Å². The van der Waals surface area contributed by atoms with Crippen LogP contribution in [0.5, 0.6) is 0 Å². The van der Waals surface area contributed by atoms with E-state index in [-0.39, 0.29) is 5.69 Å². The van der Waals surface area contributed by atoms with E-state index in [0.29, 0.717) is 10.5 Å². The topological polar surface area (TPSA) is 79.8 Å². The summed E-state index contributed by atoms with van der Waals surface area (Å²) in [5.74, 6) is 0. The van der Waals surface area contributed by atoms with E-state index in [4.69, 9.17) is 5.26 Å². The number of nitrogens with zero attached hydrogens (tertiary/aromatic N) is 3. The highest BCUT2D eigenvalue weighted by Gasteiger charge is 2.12. The Balaban J connectivity index is 2.35. The van der Waals surface area contributed by atoms with E-state index >= 15 is 0 Å². The Morgan fingerprint density at radius 1 is 1.53 bits per heavy atom. The molecule has 2 aromatic rings. The molecule has 0 radical (unpaired) electrons. The van der Waals surface area contributed by atoms with Crippen LogP contribution < -0.4 is 0 Å². The summed E-state index contributed by atoms with van der Waals surface area (Å²) in [6, 6.07) is 6.19. The van der Waals surface area contributed by atoms with Gasteiger partial charge in [-0.1, -0.05) is 11.8 Å². The molecule has 0 unspecified atom stereocenters. The Morgan fingerprint density at radius 2 is 2.35 bits per heavy atom. The Morgan fingerprint density at radius 3 is 2.94 bits per heavy atom. The molecule has 0 saturated carbocycles. The molecule has 0 bridgehead atoms. The zero-order valence-electron chi connectivity index (χ0n) is 8.36. The molecule has 0 atom stereocenters. The quantitative estimate of drug-likeness (QED) is 0.628. The van der Waals surface area contributed by atoms with Gasteiger partial charge in [0.05, 0.1) is 10.5 Å². The smallest absolute Gasteiger partial charge is 0.258 e. The predicted molar refractivity (Wildman–Crippen MR) is 64.0 cm³/mol. The lowest BCUT2D eigenvalue weighted by Gasteiger charge is -2.00. The van der Waals surface area contributed by atoms with Crippen LogP contribution in [0, 0.1) is 21.4 Å². The summed E-state index contributed by atoms with van der Waals surface area (Å²) in [7, 11) is 0. The second-order valence-corrected chi connectivity index (χ2v) is 5.13. The average Bonchev–Trinajstić information content (AvgIpc) is 2.82. The minimum absolute atomic E-state index is 0.0787. The Hall–Kier alpha value is -1.91. The lowest BCUT2D eigenvalue weighted by Crippen LogP contribution is -1.90. The van der Waals surface area contributed by atoms with Crippen LogP contribution in [-0.2, 0) is 0 Å². The molecule has 0 amide bonds. The summed E-state index contributed by atoms with van der Waals surface area (Å²) in [6.07, 6.45) is 1.67. The van der Waals surface area contributed by atoms with Crippen molar-refractivity contribution < 1.29 is 4.92 Å². The molecule has 2 rings (SSSR count). The first-order valence-electron chi connectivity index (χ1n) is 4.46. The fraction of sp³-hybridized carbons (Fsp3) is 0. The first-order chi connectivity index (χ1) is 8.20. The number of non-ortho nitro benzene ring substituents is 1. The molecule has 5 nitrogen and oxygen atoms in total. The van der Waals surface area contributed by atoms with Crippen LogP contribution in [0.2, 0.25) is 0 Å². The van der Waals surface area contributed by atoms with Gasteiger partial charge in [-0.3, -0.25) is 10.1 Å². The Labute approximate surface area is 105 Å². The SMILES string of the molecule is N#Cc1cc([N+](=O)[O-])ccc1Sc1nccs1. The molecule has 1 heterocycles. The molecule has 1 aromatic carbocycles. The molecule has 7 heteroatoms. The van der Waals surface area contributed by atoms with Crippen molar-refractivity contribution in [1.82, 2.24) is 4.98 Å². The average molecular weight is 263 g/mol. The van der Waals surface area contributed by atoms with E-state index in [2.05, 4.69) is 4.98 Å². The molecule has 0 aliphatic heterocycles. The minimum atomic E-state index is -0.515. The van der Waals surface area contributed by atoms with Gasteiger partial charge >= 0.3 is 0 Å². The molecule has 0 spiro atoms. The zero-order chi connectivity index (χ0) is 12.3. The molecule has 0 saturated heterocycles. The molecule has 0 fully saturated rings. The summed E-state index contributed by atoms with van der Waals surface area (Å²) in [5.41, 5.74) is 0.212. The van der Waals surface area contributed by atoms with Gasteiger partial charge in [0.1, 0.15) is 6.07 Å². The summed E-state index contributed by atoms with van der Waals surface area (Å²) in [5, 5.41) is 21.4.